The van der Waals surface area contributed by atoms with Gasteiger partial charge in [-0.2, -0.15) is 4.80 Å². The molecule has 1 aliphatic rings. The lowest BCUT2D eigenvalue weighted by atomic mass is 10.1. The minimum absolute atomic E-state index is 0.237. The summed E-state index contributed by atoms with van der Waals surface area (Å²) in [6.07, 6.45) is -0.330. The number of tetrazole rings is 1. The predicted octanol–water partition coefficient (Wildman–Crippen LogP) is 1.03. The van der Waals surface area contributed by atoms with Gasteiger partial charge in [-0.15, -0.1) is 10.2 Å². The van der Waals surface area contributed by atoms with Crippen LogP contribution in [0.1, 0.15) is 22.3 Å². The molecule has 3 heterocycles. The molecule has 1 aliphatic heterocycles. The van der Waals surface area contributed by atoms with E-state index in [1.54, 1.807) is 25.2 Å². The van der Waals surface area contributed by atoms with Gasteiger partial charge in [0, 0.05) is 11.9 Å². The molecular weight excluding hydrogens is 324 g/mol. The highest BCUT2D eigenvalue weighted by Crippen LogP contribution is 2.27. The highest BCUT2D eigenvalue weighted by atomic mass is 16.5. The number of carboxylic acids is 1. The quantitative estimate of drug-likeness (QED) is 0.753. The van der Waals surface area contributed by atoms with Crippen LogP contribution in [-0.4, -0.2) is 56.0 Å². The van der Waals surface area contributed by atoms with E-state index in [1.165, 1.54) is 4.80 Å². The number of fused-ring (bicyclic) bond motifs is 1. The fourth-order valence-corrected chi connectivity index (χ4v) is 2.94. The maximum Gasteiger partial charge on any atom is 0.336 e. The first-order valence-corrected chi connectivity index (χ1v) is 7.85. The van der Waals surface area contributed by atoms with Crippen LogP contribution >= 0.6 is 0 Å². The molecule has 0 saturated carbocycles. The third-order valence-electron chi connectivity index (χ3n) is 4.14. The molecule has 0 bridgehead atoms. The number of morpholine rings is 1. The molecule has 1 N–H and O–H groups in total. The lowest BCUT2D eigenvalue weighted by Crippen LogP contribution is -2.39. The average Bonchev–Trinajstić information content (AvgIpc) is 3.07. The summed E-state index contributed by atoms with van der Waals surface area (Å²) in [6.45, 7) is 1.57. The molecule has 0 spiro atoms. The monoisotopic (exact) mass is 340 g/mol. The normalized spacial score (nSPS) is 17.8. The van der Waals surface area contributed by atoms with Gasteiger partial charge in [-0.3, -0.25) is 0 Å². The van der Waals surface area contributed by atoms with Crippen molar-refractivity contribution < 1.29 is 14.6 Å². The van der Waals surface area contributed by atoms with Gasteiger partial charge in [-0.05, 0) is 17.3 Å². The number of pyridine rings is 1. The van der Waals surface area contributed by atoms with E-state index in [-0.39, 0.29) is 11.7 Å². The maximum absolute atomic E-state index is 11.6. The Morgan fingerprint density at radius 3 is 2.96 bits per heavy atom. The molecule has 25 heavy (non-hydrogen) atoms. The van der Waals surface area contributed by atoms with Crippen molar-refractivity contribution in [3.8, 4) is 0 Å². The SMILES string of the molecule is Cn1nnc(C2CN(c3cc(C(=O)O)c4ccccc4n3)CCO2)n1. The van der Waals surface area contributed by atoms with Gasteiger partial charge < -0.3 is 14.7 Å². The second kappa shape index (κ2) is 6.10. The van der Waals surface area contributed by atoms with Crippen molar-refractivity contribution in [2.75, 3.05) is 24.6 Å². The number of carboxylic acid groups (broad SMARTS) is 1. The second-order valence-electron chi connectivity index (χ2n) is 5.79. The van der Waals surface area contributed by atoms with Crippen LogP contribution in [0.5, 0.6) is 0 Å². The van der Waals surface area contributed by atoms with Gasteiger partial charge in [0.05, 0.1) is 31.3 Å². The summed E-state index contributed by atoms with van der Waals surface area (Å²) >= 11 is 0. The van der Waals surface area contributed by atoms with E-state index >= 15 is 0 Å². The summed E-state index contributed by atoms with van der Waals surface area (Å²) in [7, 11) is 1.70. The van der Waals surface area contributed by atoms with Crippen LogP contribution < -0.4 is 4.90 Å². The Hall–Kier alpha value is -3.07. The number of nitrogens with zero attached hydrogens (tertiary/aromatic N) is 6. The van der Waals surface area contributed by atoms with Crippen LogP contribution in [0.2, 0.25) is 0 Å². The molecule has 0 aliphatic carbocycles. The minimum atomic E-state index is -0.972. The molecule has 2 aromatic heterocycles. The van der Waals surface area contributed by atoms with Crippen LogP contribution in [0.3, 0.4) is 0 Å². The van der Waals surface area contributed by atoms with Crippen molar-refractivity contribution in [3.05, 3.63) is 41.7 Å². The van der Waals surface area contributed by atoms with Crippen LogP contribution in [0.25, 0.3) is 10.9 Å². The van der Waals surface area contributed by atoms with Crippen LogP contribution in [-0.2, 0) is 11.8 Å². The molecule has 1 fully saturated rings. The Bertz CT molecular complexity index is 941. The molecule has 1 atom stereocenters. The minimum Gasteiger partial charge on any atom is -0.478 e. The lowest BCUT2D eigenvalue weighted by molar-refractivity contribution is 0.0336. The zero-order valence-electron chi connectivity index (χ0n) is 13.5. The summed E-state index contributed by atoms with van der Waals surface area (Å²) in [5.41, 5.74) is 0.888. The molecule has 4 rings (SSSR count). The van der Waals surface area contributed by atoms with E-state index in [4.69, 9.17) is 4.74 Å². The van der Waals surface area contributed by atoms with Crippen LogP contribution in [0.15, 0.2) is 30.3 Å². The molecule has 128 valence electrons. The lowest BCUT2D eigenvalue weighted by Gasteiger charge is -2.32. The zero-order valence-corrected chi connectivity index (χ0v) is 13.5. The largest absolute Gasteiger partial charge is 0.478 e. The summed E-state index contributed by atoms with van der Waals surface area (Å²) in [5.74, 6) is 0.139. The number of carbonyl (C=O) groups is 1. The highest BCUT2D eigenvalue weighted by molar-refractivity contribution is 6.03. The molecule has 9 heteroatoms. The van der Waals surface area contributed by atoms with Gasteiger partial charge in [0.1, 0.15) is 11.9 Å². The number of hydrogen-bond donors (Lipinski definition) is 1. The third-order valence-corrected chi connectivity index (χ3v) is 4.14. The Balaban J connectivity index is 1.70. The second-order valence-corrected chi connectivity index (χ2v) is 5.79. The molecule has 0 amide bonds. The van der Waals surface area contributed by atoms with Crippen molar-refractivity contribution in [3.63, 3.8) is 0 Å². The summed E-state index contributed by atoms with van der Waals surface area (Å²) in [5, 5.41) is 22.2. The Labute approximate surface area is 142 Å². The Kier molecular flexibility index (Phi) is 3.77. The van der Waals surface area contributed by atoms with Gasteiger partial charge >= 0.3 is 5.97 Å². The van der Waals surface area contributed by atoms with E-state index in [9.17, 15) is 9.90 Å². The zero-order chi connectivity index (χ0) is 17.4. The van der Waals surface area contributed by atoms with Crippen molar-refractivity contribution in [1.82, 2.24) is 25.2 Å². The Morgan fingerprint density at radius 2 is 2.20 bits per heavy atom. The molecular formula is C16H16N6O3. The third kappa shape index (κ3) is 2.89. The molecule has 3 aromatic rings. The van der Waals surface area contributed by atoms with E-state index in [0.717, 1.165) is 0 Å². The number of ether oxygens (including phenoxy) is 1. The number of benzene rings is 1. The fourth-order valence-electron chi connectivity index (χ4n) is 2.94. The van der Waals surface area contributed by atoms with Crippen LogP contribution in [0, 0.1) is 0 Å². The first kappa shape index (κ1) is 15.5. The first-order chi connectivity index (χ1) is 12.1. The standard InChI is InChI=1S/C16H16N6O3/c1-21-19-15(18-20-21)13-9-22(6-7-25-13)14-8-11(16(23)24)10-4-2-3-5-12(10)17-14/h2-5,8,13H,6-7,9H2,1H3,(H,23,24). The first-order valence-electron chi connectivity index (χ1n) is 7.85. The van der Waals surface area contributed by atoms with Gasteiger partial charge in [-0.1, -0.05) is 18.2 Å². The van der Waals surface area contributed by atoms with E-state index in [1.807, 2.05) is 17.0 Å². The average molecular weight is 340 g/mol. The number of anilines is 1. The molecule has 1 saturated heterocycles. The maximum atomic E-state index is 11.6. The Morgan fingerprint density at radius 1 is 1.36 bits per heavy atom. The van der Waals surface area contributed by atoms with Crippen molar-refractivity contribution in [1.29, 1.82) is 0 Å². The van der Waals surface area contributed by atoms with Crippen molar-refractivity contribution in [2.45, 2.75) is 6.10 Å². The molecule has 9 nitrogen and oxygen atoms in total. The van der Waals surface area contributed by atoms with Gasteiger partial charge in [0.25, 0.3) is 0 Å². The number of aromatic nitrogens is 5. The molecule has 0 radical (unpaired) electrons. The van der Waals surface area contributed by atoms with E-state index in [0.29, 0.717) is 42.2 Å². The smallest absolute Gasteiger partial charge is 0.336 e. The van der Waals surface area contributed by atoms with E-state index < -0.39 is 5.97 Å². The molecule has 1 unspecified atom stereocenters. The number of para-hydroxylation sites is 1. The predicted molar refractivity (Wildman–Crippen MR) is 88.4 cm³/mol. The topological polar surface area (TPSA) is 106 Å². The molecule has 1 aromatic carbocycles. The van der Waals surface area contributed by atoms with Crippen LogP contribution in [0.4, 0.5) is 5.82 Å². The van der Waals surface area contributed by atoms with Gasteiger partial charge in [-0.25, -0.2) is 9.78 Å². The van der Waals surface area contributed by atoms with Crippen molar-refractivity contribution in [2.24, 2.45) is 7.05 Å². The fraction of sp³-hybridized carbons (Fsp3) is 0.312. The number of hydrogen-bond acceptors (Lipinski definition) is 7. The van der Waals surface area contributed by atoms with E-state index in [2.05, 4.69) is 20.4 Å². The van der Waals surface area contributed by atoms with Crippen molar-refractivity contribution >= 4 is 22.7 Å². The van der Waals surface area contributed by atoms with Gasteiger partial charge in [0.15, 0.2) is 0 Å². The summed E-state index contributed by atoms with van der Waals surface area (Å²) in [6, 6.07) is 8.84. The summed E-state index contributed by atoms with van der Waals surface area (Å²) < 4.78 is 5.73. The van der Waals surface area contributed by atoms with Gasteiger partial charge in [0.2, 0.25) is 5.82 Å². The number of aryl methyl sites for hydroxylation is 1. The highest BCUT2D eigenvalue weighted by Gasteiger charge is 2.27. The summed E-state index contributed by atoms with van der Waals surface area (Å²) in [4.78, 5) is 19.6. The number of rotatable bonds is 3. The number of aromatic carboxylic acids is 1.